The second-order valence-electron chi connectivity index (χ2n) is 4.21. The molecule has 0 amide bonds. The maximum atomic E-state index is 5.47. The number of ether oxygens (including phenoxy) is 1. The summed E-state index contributed by atoms with van der Waals surface area (Å²) < 4.78 is 5.47. The van der Waals surface area contributed by atoms with Gasteiger partial charge in [-0.05, 0) is 30.7 Å². The summed E-state index contributed by atoms with van der Waals surface area (Å²) in [6.45, 7) is 0.896. The van der Waals surface area contributed by atoms with Gasteiger partial charge < -0.3 is 10.1 Å². The first kappa shape index (κ1) is 11.9. The minimum Gasteiger partial charge on any atom is -0.500 e. The molecular formula is C15H19NO. The number of nitrogens with one attached hydrogen (secondary N) is 1. The monoisotopic (exact) mass is 229 g/mol. The third kappa shape index (κ3) is 2.77. The van der Waals surface area contributed by atoms with E-state index in [9.17, 15) is 0 Å². The number of hydrogen-bond acceptors (Lipinski definition) is 2. The lowest BCUT2D eigenvalue weighted by Gasteiger charge is -2.15. The summed E-state index contributed by atoms with van der Waals surface area (Å²) in [5.74, 6) is 1.09. The standard InChI is InChI=1S/C15H19NO/c1-16-11-12-6-5-7-13(10-12)14-8-3-4-9-15(14)17-2/h3,5-8,10,16H,4,9,11H2,1-2H3. The van der Waals surface area contributed by atoms with Crippen molar-refractivity contribution in [2.45, 2.75) is 19.4 Å². The molecular weight excluding hydrogens is 210 g/mol. The lowest BCUT2D eigenvalue weighted by atomic mass is 9.96. The van der Waals surface area contributed by atoms with Crippen LogP contribution in [-0.2, 0) is 11.3 Å². The average Bonchev–Trinajstić information content (AvgIpc) is 2.39. The van der Waals surface area contributed by atoms with Crippen molar-refractivity contribution < 1.29 is 4.74 Å². The smallest absolute Gasteiger partial charge is 0.104 e. The molecule has 1 aromatic carbocycles. The van der Waals surface area contributed by atoms with Crippen LogP contribution in [0.5, 0.6) is 0 Å². The van der Waals surface area contributed by atoms with Gasteiger partial charge in [0.05, 0.1) is 7.11 Å². The molecule has 0 aromatic heterocycles. The first-order valence-electron chi connectivity index (χ1n) is 6.02. The SMILES string of the molecule is CNCc1cccc(C2=C(OC)CCC=C2)c1. The highest BCUT2D eigenvalue weighted by Crippen LogP contribution is 2.28. The third-order valence-electron chi connectivity index (χ3n) is 2.99. The van der Waals surface area contributed by atoms with Crippen molar-refractivity contribution in [3.8, 4) is 0 Å². The molecule has 1 aliphatic rings. The van der Waals surface area contributed by atoms with E-state index in [1.807, 2.05) is 7.05 Å². The fourth-order valence-electron chi connectivity index (χ4n) is 2.17. The van der Waals surface area contributed by atoms with E-state index >= 15 is 0 Å². The summed E-state index contributed by atoms with van der Waals surface area (Å²) >= 11 is 0. The fourth-order valence-corrected chi connectivity index (χ4v) is 2.17. The van der Waals surface area contributed by atoms with E-state index in [0.717, 1.165) is 25.1 Å². The van der Waals surface area contributed by atoms with E-state index in [1.165, 1.54) is 16.7 Å². The Morgan fingerprint density at radius 1 is 1.35 bits per heavy atom. The Labute approximate surface area is 103 Å². The predicted molar refractivity (Wildman–Crippen MR) is 71.5 cm³/mol. The number of hydrogen-bond donors (Lipinski definition) is 1. The molecule has 0 unspecified atom stereocenters. The maximum Gasteiger partial charge on any atom is 0.104 e. The summed E-state index contributed by atoms with van der Waals surface area (Å²) in [5, 5.41) is 3.17. The normalized spacial score (nSPS) is 15.2. The van der Waals surface area contributed by atoms with Crippen LogP contribution in [-0.4, -0.2) is 14.2 Å². The van der Waals surface area contributed by atoms with Gasteiger partial charge in [-0.15, -0.1) is 0 Å². The highest BCUT2D eigenvalue weighted by molar-refractivity contribution is 5.76. The van der Waals surface area contributed by atoms with Gasteiger partial charge in [-0.2, -0.15) is 0 Å². The van der Waals surface area contributed by atoms with Crippen LogP contribution < -0.4 is 5.32 Å². The van der Waals surface area contributed by atoms with Gasteiger partial charge in [0.15, 0.2) is 0 Å². The van der Waals surface area contributed by atoms with Crippen molar-refractivity contribution in [2.75, 3.05) is 14.2 Å². The van der Waals surface area contributed by atoms with Gasteiger partial charge in [-0.1, -0.05) is 30.4 Å². The number of benzene rings is 1. The van der Waals surface area contributed by atoms with Gasteiger partial charge in [-0.25, -0.2) is 0 Å². The first-order valence-corrected chi connectivity index (χ1v) is 6.02. The molecule has 0 bridgehead atoms. The van der Waals surface area contributed by atoms with Gasteiger partial charge in [0.25, 0.3) is 0 Å². The second kappa shape index (κ2) is 5.69. The Hall–Kier alpha value is -1.54. The van der Waals surface area contributed by atoms with Crippen LogP contribution in [0.4, 0.5) is 0 Å². The largest absolute Gasteiger partial charge is 0.500 e. The van der Waals surface area contributed by atoms with Gasteiger partial charge in [-0.3, -0.25) is 0 Å². The van der Waals surface area contributed by atoms with E-state index in [0.29, 0.717) is 0 Å². The minimum atomic E-state index is 0.896. The summed E-state index contributed by atoms with van der Waals surface area (Å²) in [4.78, 5) is 0. The molecule has 0 spiro atoms. The van der Waals surface area contributed by atoms with Crippen LogP contribution in [0.2, 0.25) is 0 Å². The maximum absolute atomic E-state index is 5.47. The summed E-state index contributed by atoms with van der Waals surface area (Å²) in [7, 11) is 3.72. The van der Waals surface area contributed by atoms with Crippen molar-refractivity contribution in [3.05, 3.63) is 53.3 Å². The van der Waals surface area contributed by atoms with E-state index in [4.69, 9.17) is 4.74 Å². The highest BCUT2D eigenvalue weighted by Gasteiger charge is 2.10. The van der Waals surface area contributed by atoms with Crippen molar-refractivity contribution in [3.63, 3.8) is 0 Å². The van der Waals surface area contributed by atoms with Gasteiger partial charge in [0.2, 0.25) is 0 Å². The quantitative estimate of drug-likeness (QED) is 0.856. The Morgan fingerprint density at radius 2 is 2.24 bits per heavy atom. The first-order chi connectivity index (χ1) is 8.35. The topological polar surface area (TPSA) is 21.3 Å². The van der Waals surface area contributed by atoms with Gasteiger partial charge in [0.1, 0.15) is 5.76 Å². The Morgan fingerprint density at radius 3 is 3.00 bits per heavy atom. The summed E-state index contributed by atoms with van der Waals surface area (Å²) in [5.41, 5.74) is 3.76. The van der Waals surface area contributed by atoms with Gasteiger partial charge >= 0.3 is 0 Å². The number of methoxy groups -OCH3 is 1. The average molecular weight is 229 g/mol. The zero-order valence-corrected chi connectivity index (χ0v) is 10.5. The Balaban J connectivity index is 2.35. The van der Waals surface area contributed by atoms with Crippen LogP contribution in [0, 0.1) is 0 Å². The van der Waals surface area contributed by atoms with E-state index in [1.54, 1.807) is 7.11 Å². The lowest BCUT2D eigenvalue weighted by Crippen LogP contribution is -2.05. The number of allylic oxidation sites excluding steroid dienone is 4. The molecule has 1 N–H and O–H groups in total. The molecule has 1 aliphatic carbocycles. The molecule has 0 aliphatic heterocycles. The molecule has 1 aromatic rings. The molecule has 0 heterocycles. The summed E-state index contributed by atoms with van der Waals surface area (Å²) in [6, 6.07) is 8.61. The van der Waals surface area contributed by atoms with Crippen LogP contribution >= 0.6 is 0 Å². The third-order valence-corrected chi connectivity index (χ3v) is 2.99. The minimum absolute atomic E-state index is 0.896. The zero-order valence-electron chi connectivity index (χ0n) is 10.5. The molecule has 0 radical (unpaired) electrons. The molecule has 2 heteroatoms. The molecule has 17 heavy (non-hydrogen) atoms. The zero-order chi connectivity index (χ0) is 12.1. The van der Waals surface area contributed by atoms with Crippen molar-refractivity contribution in [1.29, 1.82) is 0 Å². The number of rotatable bonds is 4. The lowest BCUT2D eigenvalue weighted by molar-refractivity contribution is 0.279. The van der Waals surface area contributed by atoms with Crippen LogP contribution in [0.3, 0.4) is 0 Å². The Kier molecular flexibility index (Phi) is 3.99. The Bertz CT molecular complexity index is 446. The van der Waals surface area contributed by atoms with Crippen molar-refractivity contribution >= 4 is 5.57 Å². The van der Waals surface area contributed by atoms with Gasteiger partial charge in [0, 0.05) is 18.5 Å². The van der Waals surface area contributed by atoms with Crippen LogP contribution in [0.15, 0.2) is 42.2 Å². The van der Waals surface area contributed by atoms with E-state index in [-0.39, 0.29) is 0 Å². The molecule has 0 saturated carbocycles. The van der Waals surface area contributed by atoms with Crippen LogP contribution in [0.1, 0.15) is 24.0 Å². The molecule has 2 rings (SSSR count). The molecule has 0 fully saturated rings. The fraction of sp³-hybridized carbons (Fsp3) is 0.333. The highest BCUT2D eigenvalue weighted by atomic mass is 16.5. The molecule has 90 valence electrons. The summed E-state index contributed by atoms with van der Waals surface area (Å²) in [6.07, 6.45) is 6.45. The molecule has 0 atom stereocenters. The van der Waals surface area contributed by atoms with Crippen molar-refractivity contribution in [1.82, 2.24) is 5.32 Å². The molecule has 2 nitrogen and oxygen atoms in total. The molecule has 0 saturated heterocycles. The van der Waals surface area contributed by atoms with Crippen molar-refractivity contribution in [2.24, 2.45) is 0 Å². The van der Waals surface area contributed by atoms with Crippen LogP contribution in [0.25, 0.3) is 5.57 Å². The second-order valence-corrected chi connectivity index (χ2v) is 4.21. The van der Waals surface area contributed by atoms with E-state index < -0.39 is 0 Å². The predicted octanol–water partition coefficient (Wildman–Crippen LogP) is 3.11. The van der Waals surface area contributed by atoms with E-state index in [2.05, 4.69) is 41.7 Å².